The summed E-state index contributed by atoms with van der Waals surface area (Å²) in [6.07, 6.45) is 6.41. The SMILES string of the molecule is CC(CCCO)NC(=O)C1(N)CCCCC1. The lowest BCUT2D eigenvalue weighted by atomic mass is 9.81. The van der Waals surface area contributed by atoms with E-state index in [0.717, 1.165) is 38.5 Å². The number of hydrogen-bond acceptors (Lipinski definition) is 3. The van der Waals surface area contributed by atoms with Gasteiger partial charge < -0.3 is 16.2 Å². The first-order valence-corrected chi connectivity index (χ1v) is 6.29. The van der Waals surface area contributed by atoms with Gasteiger partial charge in [-0.15, -0.1) is 0 Å². The zero-order chi connectivity index (χ0) is 12.0. The highest BCUT2D eigenvalue weighted by Crippen LogP contribution is 2.26. The van der Waals surface area contributed by atoms with Crippen molar-refractivity contribution in [2.24, 2.45) is 5.73 Å². The van der Waals surface area contributed by atoms with Crippen LogP contribution in [-0.4, -0.2) is 29.2 Å². The Morgan fingerprint density at radius 2 is 2.06 bits per heavy atom. The molecule has 0 radical (unpaired) electrons. The maximum Gasteiger partial charge on any atom is 0.240 e. The predicted octanol–water partition coefficient (Wildman–Crippen LogP) is 0.925. The van der Waals surface area contributed by atoms with E-state index in [1.807, 2.05) is 6.92 Å². The first kappa shape index (κ1) is 13.5. The Morgan fingerprint density at radius 3 is 2.62 bits per heavy atom. The van der Waals surface area contributed by atoms with Gasteiger partial charge in [0.2, 0.25) is 5.91 Å². The molecule has 1 aliphatic carbocycles. The Hall–Kier alpha value is -0.610. The van der Waals surface area contributed by atoms with E-state index < -0.39 is 5.54 Å². The molecule has 1 fully saturated rings. The third-order valence-corrected chi connectivity index (χ3v) is 3.37. The number of nitrogens with two attached hydrogens (primary N) is 1. The predicted molar refractivity (Wildman–Crippen MR) is 63.9 cm³/mol. The molecule has 1 atom stereocenters. The van der Waals surface area contributed by atoms with Crippen LogP contribution in [0, 0.1) is 0 Å². The highest BCUT2D eigenvalue weighted by molar-refractivity contribution is 5.86. The maximum absolute atomic E-state index is 12.0. The molecule has 94 valence electrons. The van der Waals surface area contributed by atoms with Crippen molar-refractivity contribution in [3.8, 4) is 0 Å². The maximum atomic E-state index is 12.0. The molecule has 0 saturated heterocycles. The fraction of sp³-hybridized carbons (Fsp3) is 0.917. The van der Waals surface area contributed by atoms with Crippen molar-refractivity contribution < 1.29 is 9.90 Å². The summed E-state index contributed by atoms with van der Waals surface area (Å²) in [5.74, 6) is -0.0161. The highest BCUT2D eigenvalue weighted by atomic mass is 16.3. The van der Waals surface area contributed by atoms with E-state index in [1.165, 1.54) is 6.42 Å². The molecule has 0 bridgehead atoms. The third kappa shape index (κ3) is 3.76. The van der Waals surface area contributed by atoms with Gasteiger partial charge >= 0.3 is 0 Å². The number of carbonyl (C=O) groups excluding carboxylic acids is 1. The zero-order valence-electron chi connectivity index (χ0n) is 10.2. The summed E-state index contributed by atoms with van der Waals surface area (Å²) < 4.78 is 0. The van der Waals surface area contributed by atoms with Crippen LogP contribution in [0.25, 0.3) is 0 Å². The third-order valence-electron chi connectivity index (χ3n) is 3.37. The van der Waals surface area contributed by atoms with Crippen molar-refractivity contribution in [3.63, 3.8) is 0 Å². The summed E-state index contributed by atoms with van der Waals surface area (Å²) in [7, 11) is 0. The number of hydrogen-bond donors (Lipinski definition) is 3. The minimum Gasteiger partial charge on any atom is -0.396 e. The van der Waals surface area contributed by atoms with E-state index in [9.17, 15) is 4.79 Å². The minimum absolute atomic E-state index is 0.0161. The second-order valence-electron chi connectivity index (χ2n) is 4.96. The standard InChI is InChI=1S/C12H24N2O2/c1-10(6-5-9-15)14-11(16)12(13)7-3-2-4-8-12/h10,15H,2-9,13H2,1H3,(H,14,16). The molecule has 4 N–H and O–H groups in total. The molecule has 1 aliphatic rings. The van der Waals surface area contributed by atoms with Crippen LogP contribution in [0.5, 0.6) is 0 Å². The van der Waals surface area contributed by atoms with Gasteiger partial charge in [0.05, 0.1) is 5.54 Å². The highest BCUT2D eigenvalue weighted by Gasteiger charge is 2.35. The van der Waals surface area contributed by atoms with Crippen molar-refractivity contribution in [3.05, 3.63) is 0 Å². The molecule has 0 aromatic rings. The lowest BCUT2D eigenvalue weighted by molar-refractivity contribution is -0.128. The van der Waals surface area contributed by atoms with Crippen LogP contribution in [0.1, 0.15) is 51.9 Å². The van der Waals surface area contributed by atoms with Gasteiger partial charge in [0.25, 0.3) is 0 Å². The summed E-state index contributed by atoms with van der Waals surface area (Å²) in [4.78, 5) is 12.0. The lowest BCUT2D eigenvalue weighted by Crippen LogP contribution is -2.56. The molecule has 1 unspecified atom stereocenters. The lowest BCUT2D eigenvalue weighted by Gasteiger charge is -2.33. The van der Waals surface area contributed by atoms with Crippen molar-refractivity contribution >= 4 is 5.91 Å². The van der Waals surface area contributed by atoms with Crippen LogP contribution in [0.3, 0.4) is 0 Å². The molecule has 4 nitrogen and oxygen atoms in total. The van der Waals surface area contributed by atoms with Crippen LogP contribution in [0.4, 0.5) is 0 Å². The Morgan fingerprint density at radius 1 is 1.44 bits per heavy atom. The van der Waals surface area contributed by atoms with E-state index in [1.54, 1.807) is 0 Å². The van der Waals surface area contributed by atoms with Gasteiger partial charge in [-0.05, 0) is 32.6 Å². The molecule has 0 aromatic heterocycles. The zero-order valence-corrected chi connectivity index (χ0v) is 10.2. The fourth-order valence-corrected chi connectivity index (χ4v) is 2.25. The summed E-state index contributed by atoms with van der Waals surface area (Å²) in [6, 6.07) is 0.0991. The molecule has 1 saturated carbocycles. The number of rotatable bonds is 5. The smallest absolute Gasteiger partial charge is 0.240 e. The van der Waals surface area contributed by atoms with Crippen molar-refractivity contribution in [1.82, 2.24) is 5.32 Å². The van der Waals surface area contributed by atoms with Crippen LogP contribution < -0.4 is 11.1 Å². The monoisotopic (exact) mass is 228 g/mol. The van der Waals surface area contributed by atoms with Gasteiger partial charge in [0.15, 0.2) is 0 Å². The number of aliphatic hydroxyl groups is 1. The summed E-state index contributed by atoms with van der Waals surface area (Å²) in [6.45, 7) is 2.13. The van der Waals surface area contributed by atoms with Gasteiger partial charge in [-0.25, -0.2) is 0 Å². The van der Waals surface area contributed by atoms with Crippen molar-refractivity contribution in [2.45, 2.75) is 63.5 Å². The Kier molecular flexibility index (Phi) is 5.22. The van der Waals surface area contributed by atoms with E-state index in [0.29, 0.717) is 0 Å². The average molecular weight is 228 g/mol. The van der Waals surface area contributed by atoms with E-state index in [2.05, 4.69) is 5.32 Å². The molecule has 4 heteroatoms. The van der Waals surface area contributed by atoms with Gasteiger partial charge in [-0.2, -0.15) is 0 Å². The van der Waals surface area contributed by atoms with Gasteiger partial charge in [0.1, 0.15) is 0 Å². The van der Waals surface area contributed by atoms with Crippen LogP contribution >= 0.6 is 0 Å². The summed E-state index contributed by atoms with van der Waals surface area (Å²) in [5.41, 5.74) is 5.47. The van der Waals surface area contributed by atoms with E-state index >= 15 is 0 Å². The second kappa shape index (κ2) is 6.21. The molecule has 0 spiro atoms. The average Bonchev–Trinajstić information content (AvgIpc) is 2.27. The fourth-order valence-electron chi connectivity index (χ4n) is 2.25. The molecule has 0 aromatic carbocycles. The summed E-state index contributed by atoms with van der Waals surface area (Å²) >= 11 is 0. The first-order chi connectivity index (χ1) is 7.58. The Bertz CT molecular complexity index is 225. The molecule has 0 aliphatic heterocycles. The second-order valence-corrected chi connectivity index (χ2v) is 4.96. The summed E-state index contributed by atoms with van der Waals surface area (Å²) in [5, 5.41) is 11.7. The molecule has 1 rings (SSSR count). The minimum atomic E-state index is -0.647. The number of aliphatic hydroxyl groups excluding tert-OH is 1. The number of amides is 1. The first-order valence-electron chi connectivity index (χ1n) is 6.29. The van der Waals surface area contributed by atoms with Gasteiger partial charge in [-0.3, -0.25) is 4.79 Å². The number of carbonyl (C=O) groups is 1. The molecular weight excluding hydrogens is 204 g/mol. The Labute approximate surface area is 97.6 Å². The van der Waals surface area contributed by atoms with Crippen molar-refractivity contribution in [2.75, 3.05) is 6.61 Å². The molecule has 1 amide bonds. The van der Waals surface area contributed by atoms with Crippen molar-refractivity contribution in [1.29, 1.82) is 0 Å². The number of nitrogens with one attached hydrogen (secondary N) is 1. The van der Waals surface area contributed by atoms with E-state index in [-0.39, 0.29) is 18.6 Å². The van der Waals surface area contributed by atoms with Crippen LogP contribution in [0.2, 0.25) is 0 Å². The van der Waals surface area contributed by atoms with Crippen LogP contribution in [-0.2, 0) is 4.79 Å². The van der Waals surface area contributed by atoms with E-state index in [4.69, 9.17) is 10.8 Å². The normalized spacial score (nSPS) is 21.4. The molecule has 0 heterocycles. The van der Waals surface area contributed by atoms with Gasteiger partial charge in [-0.1, -0.05) is 19.3 Å². The molecular formula is C12H24N2O2. The molecule has 16 heavy (non-hydrogen) atoms. The quantitative estimate of drug-likeness (QED) is 0.655. The van der Waals surface area contributed by atoms with Crippen LogP contribution in [0.15, 0.2) is 0 Å². The largest absolute Gasteiger partial charge is 0.396 e. The Balaban J connectivity index is 2.38. The topological polar surface area (TPSA) is 75.3 Å². The van der Waals surface area contributed by atoms with Gasteiger partial charge in [0, 0.05) is 12.6 Å².